The topological polar surface area (TPSA) is 87.1 Å². The Hall–Kier alpha value is -3.41. The molecule has 3 N–H and O–H groups in total. The fourth-order valence-corrected chi connectivity index (χ4v) is 3.50. The third-order valence-electron chi connectivity index (χ3n) is 5.03. The summed E-state index contributed by atoms with van der Waals surface area (Å²) in [4.78, 5) is 15.9. The lowest BCUT2D eigenvalue weighted by Gasteiger charge is -2.15. The third-order valence-corrected chi connectivity index (χ3v) is 5.03. The van der Waals surface area contributed by atoms with Crippen molar-refractivity contribution in [3.8, 4) is 16.9 Å². The van der Waals surface area contributed by atoms with Crippen LogP contribution >= 0.6 is 0 Å². The first kappa shape index (κ1) is 18.0. The van der Waals surface area contributed by atoms with Crippen LogP contribution in [0, 0.1) is 11.3 Å². The molecular weight excluding hydrogens is 352 g/mol. The minimum Gasteiger partial charge on any atom is -0.492 e. The zero-order chi connectivity index (χ0) is 19.5. The van der Waals surface area contributed by atoms with Gasteiger partial charge < -0.3 is 20.8 Å². The monoisotopic (exact) mass is 374 g/mol. The van der Waals surface area contributed by atoms with E-state index in [-0.39, 0.29) is 11.8 Å². The number of pyridine rings is 1. The Bertz CT molecular complexity index is 1050. The largest absolute Gasteiger partial charge is 0.492 e. The number of benzene rings is 2. The van der Waals surface area contributed by atoms with E-state index < -0.39 is 0 Å². The molecule has 6 heteroatoms. The molecule has 2 aromatic carbocycles. The van der Waals surface area contributed by atoms with Crippen molar-refractivity contribution >= 4 is 28.7 Å². The molecule has 1 fully saturated rings. The number of ether oxygens (including phenoxy) is 1. The second-order valence-corrected chi connectivity index (χ2v) is 6.93. The normalized spacial score (nSPS) is 16.0. The molecule has 0 saturated carbocycles. The highest BCUT2D eigenvalue weighted by molar-refractivity contribution is 5.92. The summed E-state index contributed by atoms with van der Waals surface area (Å²) in [6.45, 7) is 1.14. The van der Waals surface area contributed by atoms with Crippen LogP contribution in [0.15, 0.2) is 48.7 Å². The van der Waals surface area contributed by atoms with Gasteiger partial charge in [-0.2, -0.15) is 0 Å². The molecule has 28 heavy (non-hydrogen) atoms. The van der Waals surface area contributed by atoms with E-state index in [9.17, 15) is 4.79 Å². The molecule has 4 rings (SSSR count). The molecule has 6 nitrogen and oxygen atoms in total. The highest BCUT2D eigenvalue weighted by Crippen LogP contribution is 2.33. The minimum absolute atomic E-state index is 0.0831. The molecular formula is C22H22N4O2. The molecule has 1 atom stereocenters. The summed E-state index contributed by atoms with van der Waals surface area (Å²) < 4.78 is 6.13. The van der Waals surface area contributed by atoms with Crippen molar-refractivity contribution in [1.29, 1.82) is 5.41 Å². The quantitative estimate of drug-likeness (QED) is 0.577. The lowest BCUT2D eigenvalue weighted by Crippen LogP contribution is -2.16. The van der Waals surface area contributed by atoms with Gasteiger partial charge in [0.1, 0.15) is 5.75 Å². The van der Waals surface area contributed by atoms with Crippen LogP contribution in [-0.2, 0) is 4.79 Å². The van der Waals surface area contributed by atoms with Gasteiger partial charge in [0.05, 0.1) is 12.1 Å². The van der Waals surface area contributed by atoms with Gasteiger partial charge in [-0.25, -0.2) is 0 Å². The predicted octanol–water partition coefficient (Wildman–Crippen LogP) is 3.46. The highest BCUT2D eigenvalue weighted by atomic mass is 16.5. The fraction of sp³-hybridized carbons (Fsp3) is 0.227. The molecule has 0 spiro atoms. The highest BCUT2D eigenvalue weighted by Gasteiger charge is 2.22. The third kappa shape index (κ3) is 3.53. The predicted molar refractivity (Wildman–Crippen MR) is 111 cm³/mol. The summed E-state index contributed by atoms with van der Waals surface area (Å²) in [7, 11) is 1.85. The van der Waals surface area contributed by atoms with Crippen LogP contribution in [0.1, 0.15) is 12.0 Å². The second kappa shape index (κ2) is 7.68. The standard InChI is InChI=1S/C22H22N4O2/c1-24-19-8-15(4-5-16(19)11-23)17-9-20-18(3-2-6-25-20)21(10-17)28-13-14-7-22(27)26-12-14/h2-6,8-11,14,23-24H,7,12-13H2,1H3,(H,26,27). The molecule has 2 heterocycles. The zero-order valence-corrected chi connectivity index (χ0v) is 15.7. The average molecular weight is 374 g/mol. The van der Waals surface area contributed by atoms with Crippen LogP contribution in [0.3, 0.4) is 0 Å². The van der Waals surface area contributed by atoms with Crippen LogP contribution in [0.5, 0.6) is 5.75 Å². The van der Waals surface area contributed by atoms with Crippen molar-refractivity contribution in [1.82, 2.24) is 10.3 Å². The Balaban J connectivity index is 1.71. The summed E-state index contributed by atoms with van der Waals surface area (Å²) in [5.74, 6) is 1.03. The number of nitrogens with zero attached hydrogens (tertiary/aromatic N) is 1. The molecule has 1 aromatic heterocycles. The molecule has 0 aliphatic carbocycles. The molecule has 1 aliphatic heterocycles. The molecule has 0 radical (unpaired) electrons. The van der Waals surface area contributed by atoms with E-state index in [1.807, 2.05) is 49.5 Å². The van der Waals surface area contributed by atoms with Gasteiger partial charge in [-0.3, -0.25) is 9.78 Å². The van der Waals surface area contributed by atoms with Gasteiger partial charge in [-0.15, -0.1) is 0 Å². The Morgan fingerprint density at radius 1 is 1.29 bits per heavy atom. The molecule has 1 amide bonds. The number of anilines is 1. The lowest BCUT2D eigenvalue weighted by molar-refractivity contribution is -0.119. The number of hydrogen-bond donors (Lipinski definition) is 3. The number of carbonyl (C=O) groups excluding carboxylic acids is 1. The maximum atomic E-state index is 11.4. The van der Waals surface area contributed by atoms with E-state index >= 15 is 0 Å². The van der Waals surface area contributed by atoms with Crippen molar-refractivity contribution < 1.29 is 9.53 Å². The number of carbonyl (C=O) groups is 1. The van der Waals surface area contributed by atoms with Crippen molar-refractivity contribution in [2.75, 3.05) is 25.5 Å². The van der Waals surface area contributed by atoms with E-state index in [2.05, 4.69) is 15.6 Å². The number of hydrogen-bond acceptors (Lipinski definition) is 5. The summed E-state index contributed by atoms with van der Waals surface area (Å²) in [5.41, 5.74) is 4.60. The molecule has 142 valence electrons. The number of rotatable bonds is 6. The Morgan fingerprint density at radius 2 is 2.18 bits per heavy atom. The minimum atomic E-state index is 0.0831. The van der Waals surface area contributed by atoms with Gasteiger partial charge in [-0.1, -0.05) is 12.1 Å². The van der Waals surface area contributed by atoms with E-state index in [0.717, 1.165) is 39.0 Å². The smallest absolute Gasteiger partial charge is 0.220 e. The maximum absolute atomic E-state index is 11.4. The Morgan fingerprint density at radius 3 is 2.93 bits per heavy atom. The van der Waals surface area contributed by atoms with Gasteiger partial charge in [0.25, 0.3) is 0 Å². The number of fused-ring (bicyclic) bond motifs is 1. The fourth-order valence-electron chi connectivity index (χ4n) is 3.50. The summed E-state index contributed by atoms with van der Waals surface area (Å²) >= 11 is 0. The number of aromatic nitrogens is 1. The first-order valence-electron chi connectivity index (χ1n) is 9.29. The molecule has 3 aromatic rings. The van der Waals surface area contributed by atoms with E-state index in [1.165, 1.54) is 6.21 Å². The van der Waals surface area contributed by atoms with Crippen molar-refractivity contribution in [3.05, 3.63) is 54.2 Å². The second-order valence-electron chi connectivity index (χ2n) is 6.93. The van der Waals surface area contributed by atoms with Crippen LogP contribution in [0.25, 0.3) is 22.0 Å². The van der Waals surface area contributed by atoms with Crippen molar-refractivity contribution in [3.63, 3.8) is 0 Å². The molecule has 1 unspecified atom stereocenters. The number of amides is 1. The van der Waals surface area contributed by atoms with Crippen LogP contribution < -0.4 is 15.4 Å². The van der Waals surface area contributed by atoms with Gasteiger partial charge in [0.2, 0.25) is 5.91 Å². The zero-order valence-electron chi connectivity index (χ0n) is 15.7. The summed E-state index contributed by atoms with van der Waals surface area (Å²) in [5, 5.41) is 14.5. The molecule has 1 saturated heterocycles. The van der Waals surface area contributed by atoms with E-state index in [1.54, 1.807) is 6.20 Å². The number of nitrogens with one attached hydrogen (secondary N) is 3. The maximum Gasteiger partial charge on any atom is 0.220 e. The Kier molecular flexibility index (Phi) is 4.93. The van der Waals surface area contributed by atoms with Crippen LogP contribution in [-0.4, -0.2) is 37.3 Å². The lowest BCUT2D eigenvalue weighted by atomic mass is 10.0. The van der Waals surface area contributed by atoms with Crippen LogP contribution in [0.4, 0.5) is 5.69 Å². The van der Waals surface area contributed by atoms with Crippen LogP contribution in [0.2, 0.25) is 0 Å². The van der Waals surface area contributed by atoms with Crippen molar-refractivity contribution in [2.24, 2.45) is 5.92 Å². The summed E-state index contributed by atoms with van der Waals surface area (Å²) in [6.07, 6.45) is 3.61. The first-order valence-corrected chi connectivity index (χ1v) is 9.29. The Labute approximate surface area is 163 Å². The average Bonchev–Trinajstić information content (AvgIpc) is 3.16. The SMILES string of the molecule is CNc1cc(-c2cc(OCC3CNC(=O)C3)c3cccnc3c2)ccc1C=N. The van der Waals surface area contributed by atoms with E-state index in [4.69, 9.17) is 10.1 Å². The van der Waals surface area contributed by atoms with Gasteiger partial charge >= 0.3 is 0 Å². The molecule has 0 bridgehead atoms. The molecule has 1 aliphatic rings. The summed E-state index contributed by atoms with van der Waals surface area (Å²) in [6, 6.07) is 13.9. The van der Waals surface area contributed by atoms with Gasteiger partial charge in [0.15, 0.2) is 0 Å². The van der Waals surface area contributed by atoms with Gasteiger partial charge in [0, 0.05) is 55.0 Å². The van der Waals surface area contributed by atoms with Gasteiger partial charge in [-0.05, 0) is 41.5 Å². The van der Waals surface area contributed by atoms with Crippen molar-refractivity contribution in [2.45, 2.75) is 6.42 Å². The van der Waals surface area contributed by atoms with E-state index in [0.29, 0.717) is 19.6 Å². The first-order chi connectivity index (χ1) is 13.7.